The van der Waals surface area contributed by atoms with E-state index in [9.17, 15) is 0 Å². The van der Waals surface area contributed by atoms with Crippen LogP contribution in [0.4, 0.5) is 0 Å². The number of aromatic nitrogens is 3. The Morgan fingerprint density at radius 1 is 0.804 bits per heavy atom. The molecule has 0 aliphatic rings. The molecule has 1 unspecified atom stereocenters. The Kier molecular flexibility index (Phi) is 11.2. The van der Waals surface area contributed by atoms with Crippen LogP contribution >= 0.6 is 0 Å². The van der Waals surface area contributed by atoms with E-state index in [4.69, 9.17) is 9.40 Å². The number of furan rings is 1. The first-order chi connectivity index (χ1) is 21.3. The predicted molar refractivity (Wildman–Crippen MR) is 191 cm³/mol. The number of pyridine rings is 3. The van der Waals surface area contributed by atoms with Crippen LogP contribution in [0.25, 0.3) is 44.6 Å². The molecule has 4 nitrogen and oxygen atoms in total. The molecular formula is C40H45IrN3OSi-2. The van der Waals surface area contributed by atoms with Gasteiger partial charge in [0.25, 0.3) is 0 Å². The van der Waals surface area contributed by atoms with Crippen molar-refractivity contribution in [1.82, 2.24) is 15.0 Å². The maximum absolute atomic E-state index is 6.00. The molecule has 46 heavy (non-hydrogen) atoms. The average molecular weight is 804 g/mol. The minimum absolute atomic E-state index is 0. The van der Waals surface area contributed by atoms with Crippen LogP contribution in [0.1, 0.15) is 58.6 Å². The van der Waals surface area contributed by atoms with Crippen LogP contribution in [0, 0.1) is 23.5 Å². The van der Waals surface area contributed by atoms with Gasteiger partial charge in [-0.05, 0) is 58.4 Å². The first kappa shape index (κ1) is 35.4. The number of fused-ring (bicyclic) bond motifs is 3. The van der Waals surface area contributed by atoms with Crippen LogP contribution in [0.2, 0.25) is 19.6 Å². The third-order valence-corrected chi connectivity index (χ3v) is 10.3. The van der Waals surface area contributed by atoms with E-state index in [1.165, 1.54) is 16.3 Å². The van der Waals surface area contributed by atoms with Gasteiger partial charge in [0.1, 0.15) is 0 Å². The second kappa shape index (κ2) is 14.5. The molecule has 0 fully saturated rings. The monoisotopic (exact) mass is 804 g/mol. The summed E-state index contributed by atoms with van der Waals surface area (Å²) in [4.78, 5) is 13.6. The summed E-state index contributed by atoms with van der Waals surface area (Å²) in [5.74, 6) is 1.05. The summed E-state index contributed by atoms with van der Waals surface area (Å²) < 4.78 is 6.00. The van der Waals surface area contributed by atoms with Gasteiger partial charge in [0.2, 0.25) is 5.71 Å². The zero-order chi connectivity index (χ0) is 32.4. The third kappa shape index (κ3) is 8.28. The van der Waals surface area contributed by atoms with Gasteiger partial charge in [0, 0.05) is 44.1 Å². The van der Waals surface area contributed by atoms with Crippen LogP contribution in [0.15, 0.2) is 89.7 Å². The molecule has 1 atom stereocenters. The molecule has 0 N–H and O–H groups in total. The molecule has 2 aromatic carbocycles. The fourth-order valence-corrected chi connectivity index (χ4v) is 7.18. The summed E-state index contributed by atoms with van der Waals surface area (Å²) in [6.45, 7) is 20.8. The molecule has 0 amide bonds. The zero-order valence-corrected chi connectivity index (χ0v) is 31.9. The standard InChI is InChI=1S/C21H19N2O.C19H26NSi.Ir/c1-13(2)14(3)15-9-11-22-19(12-15)18-7-4-6-16-17-8-5-10-23-21(17)24-20(16)18;1-19(2,3)13-16-12-17(15-10-8-7-9-11-15)20-14-18(16)21(4,5)6;/h4-6,8-14H,1-3H3;7-10,12,14H,13H2,1-6H3;/q2*-1;. The number of benzene rings is 2. The summed E-state index contributed by atoms with van der Waals surface area (Å²) in [5, 5.41) is 3.56. The molecule has 1 radical (unpaired) electrons. The molecule has 0 saturated carbocycles. The number of nitrogens with zero attached hydrogens (tertiary/aromatic N) is 3. The van der Waals surface area contributed by atoms with Gasteiger partial charge >= 0.3 is 0 Å². The molecule has 0 aliphatic heterocycles. The molecule has 4 aromatic heterocycles. The van der Waals surface area contributed by atoms with Gasteiger partial charge < -0.3 is 14.4 Å². The van der Waals surface area contributed by atoms with Crippen LogP contribution in [0.5, 0.6) is 0 Å². The zero-order valence-electron chi connectivity index (χ0n) is 28.5. The Bertz CT molecular complexity index is 1900. The van der Waals surface area contributed by atoms with E-state index in [1.807, 2.05) is 48.7 Å². The predicted octanol–water partition coefficient (Wildman–Crippen LogP) is 10.3. The van der Waals surface area contributed by atoms with Crippen LogP contribution in [0.3, 0.4) is 0 Å². The molecule has 4 heterocycles. The van der Waals surface area contributed by atoms with E-state index in [1.54, 1.807) is 6.20 Å². The first-order valence-electron chi connectivity index (χ1n) is 15.9. The average Bonchev–Trinajstić information content (AvgIpc) is 3.39. The molecule has 0 spiro atoms. The largest absolute Gasteiger partial charge is 0.486 e. The Hall–Kier alpha value is -3.44. The van der Waals surface area contributed by atoms with Gasteiger partial charge in [-0.1, -0.05) is 95.4 Å². The Labute approximate surface area is 289 Å². The van der Waals surface area contributed by atoms with Gasteiger partial charge in [0.15, 0.2) is 0 Å². The van der Waals surface area contributed by atoms with E-state index in [-0.39, 0.29) is 25.5 Å². The van der Waals surface area contributed by atoms with Crippen LogP contribution in [-0.4, -0.2) is 23.0 Å². The Morgan fingerprint density at radius 2 is 1.59 bits per heavy atom. The summed E-state index contributed by atoms with van der Waals surface area (Å²) in [7, 11) is -1.37. The fourth-order valence-electron chi connectivity index (χ4n) is 5.61. The topological polar surface area (TPSA) is 51.8 Å². The van der Waals surface area contributed by atoms with Crippen molar-refractivity contribution in [2.45, 2.75) is 73.5 Å². The molecule has 0 saturated heterocycles. The van der Waals surface area contributed by atoms with E-state index < -0.39 is 8.07 Å². The van der Waals surface area contributed by atoms with Crippen molar-refractivity contribution in [1.29, 1.82) is 0 Å². The molecule has 6 rings (SSSR count). The van der Waals surface area contributed by atoms with Crippen molar-refractivity contribution < 1.29 is 24.5 Å². The molecule has 0 bridgehead atoms. The van der Waals surface area contributed by atoms with E-state index in [0.29, 0.717) is 17.5 Å². The number of hydrogen-bond acceptors (Lipinski definition) is 4. The Balaban J connectivity index is 0.000000207. The van der Waals surface area contributed by atoms with Crippen molar-refractivity contribution in [3.8, 4) is 22.5 Å². The molecular weight excluding hydrogens is 759 g/mol. The summed E-state index contributed by atoms with van der Waals surface area (Å²) in [6, 6.07) is 29.1. The second-order valence-electron chi connectivity index (χ2n) is 14.6. The van der Waals surface area contributed by atoms with Gasteiger partial charge in [-0.25, -0.2) is 4.98 Å². The van der Waals surface area contributed by atoms with Gasteiger partial charge in [-0.15, -0.1) is 54.1 Å². The van der Waals surface area contributed by atoms with Crippen molar-refractivity contribution >= 4 is 35.3 Å². The van der Waals surface area contributed by atoms with Crippen molar-refractivity contribution in [2.24, 2.45) is 11.3 Å². The van der Waals surface area contributed by atoms with Gasteiger partial charge in [-0.2, -0.15) is 0 Å². The summed E-state index contributed by atoms with van der Waals surface area (Å²) in [5.41, 5.74) is 8.39. The molecule has 6 aromatic rings. The normalized spacial score (nSPS) is 12.5. The summed E-state index contributed by atoms with van der Waals surface area (Å²) >= 11 is 0. The van der Waals surface area contributed by atoms with E-state index >= 15 is 0 Å². The molecule has 0 aliphatic carbocycles. The molecule has 6 heteroatoms. The second-order valence-corrected chi connectivity index (χ2v) is 19.6. The van der Waals surface area contributed by atoms with Crippen LogP contribution < -0.4 is 5.19 Å². The maximum Gasteiger partial charge on any atom is 0.216 e. The van der Waals surface area contributed by atoms with Crippen molar-refractivity contribution in [3.05, 3.63) is 109 Å². The van der Waals surface area contributed by atoms with E-state index in [0.717, 1.165) is 45.3 Å². The molecule has 241 valence electrons. The maximum atomic E-state index is 6.00. The Morgan fingerprint density at radius 3 is 2.26 bits per heavy atom. The van der Waals surface area contributed by atoms with Crippen molar-refractivity contribution in [3.63, 3.8) is 0 Å². The minimum atomic E-state index is -1.37. The quantitative estimate of drug-likeness (QED) is 0.124. The summed E-state index contributed by atoms with van der Waals surface area (Å²) in [6.07, 6.45) is 6.83. The smallest absolute Gasteiger partial charge is 0.216 e. The van der Waals surface area contributed by atoms with E-state index in [2.05, 4.69) is 114 Å². The van der Waals surface area contributed by atoms with Gasteiger partial charge in [-0.3, -0.25) is 0 Å². The number of rotatable bonds is 6. The van der Waals surface area contributed by atoms with Gasteiger partial charge in [0.05, 0.1) is 13.7 Å². The first-order valence-corrected chi connectivity index (χ1v) is 19.4. The van der Waals surface area contributed by atoms with Crippen molar-refractivity contribution in [2.75, 3.05) is 0 Å². The minimum Gasteiger partial charge on any atom is -0.486 e. The SMILES string of the molecule is CC(C)(C)Cc1cc(-c2[c-]cccc2)ncc1[Si](C)(C)C.CC(C)C(C)c1ccnc(-c2[c-]ccc3c2oc2ncccc23)c1.[Ir]. The fraction of sp³-hybridized carbons (Fsp3) is 0.325. The number of hydrogen-bond donors (Lipinski definition) is 0. The third-order valence-electron chi connectivity index (χ3n) is 8.28. The van der Waals surface area contributed by atoms with Crippen LogP contribution in [-0.2, 0) is 26.5 Å².